The van der Waals surface area contributed by atoms with E-state index in [-0.39, 0.29) is 0 Å². The van der Waals surface area contributed by atoms with Crippen LogP contribution in [0.2, 0.25) is 0 Å². The van der Waals surface area contributed by atoms with E-state index in [4.69, 9.17) is 10.2 Å². The second kappa shape index (κ2) is 8.61. The Morgan fingerprint density at radius 2 is 1.58 bits per heavy atom. The molecule has 1 aliphatic heterocycles. The van der Waals surface area contributed by atoms with E-state index in [1.165, 1.54) is 61.8 Å². The van der Waals surface area contributed by atoms with Crippen molar-refractivity contribution >= 4 is 10.8 Å². The van der Waals surface area contributed by atoms with E-state index in [1.807, 2.05) is 11.7 Å². The molecule has 1 unspecified atom stereocenters. The Kier molecular flexibility index (Phi) is 5.35. The Bertz CT molecular complexity index is 1330. The van der Waals surface area contributed by atoms with Gasteiger partial charge in [-0.05, 0) is 125 Å². The molecule has 0 N–H and O–H groups in total. The highest BCUT2D eigenvalue weighted by atomic mass is 15.3. The van der Waals surface area contributed by atoms with Gasteiger partial charge in [0.05, 0.1) is 11.4 Å². The molecule has 5 aliphatic carbocycles. The Morgan fingerprint density at radius 1 is 0.895 bits per heavy atom. The van der Waals surface area contributed by atoms with Gasteiger partial charge in [0.1, 0.15) is 5.69 Å². The van der Waals surface area contributed by atoms with Crippen LogP contribution in [0.4, 0.5) is 0 Å². The van der Waals surface area contributed by atoms with Crippen LogP contribution in [0.3, 0.4) is 0 Å². The second-order valence-electron chi connectivity index (χ2n) is 14.3. The van der Waals surface area contributed by atoms with E-state index < -0.39 is 0 Å². The first-order valence-corrected chi connectivity index (χ1v) is 15.4. The van der Waals surface area contributed by atoms with Crippen molar-refractivity contribution < 1.29 is 0 Å². The largest absolute Gasteiger partial charge is 0.303 e. The number of hydrogen-bond donors (Lipinski definition) is 0. The summed E-state index contributed by atoms with van der Waals surface area (Å²) in [5.41, 5.74) is 5.56. The monoisotopic (exact) mass is 509 g/mol. The first-order chi connectivity index (χ1) is 18.5. The molecule has 5 nitrogen and oxygen atoms in total. The lowest BCUT2D eigenvalue weighted by atomic mass is 9.49. The molecule has 6 fully saturated rings. The summed E-state index contributed by atoms with van der Waals surface area (Å²) < 4.78 is 1.87. The van der Waals surface area contributed by atoms with Crippen molar-refractivity contribution in [3.63, 3.8) is 0 Å². The number of fused-ring (bicyclic) bond motifs is 1. The maximum Gasteiger partial charge on any atom is 0.104 e. The molecule has 2 aromatic heterocycles. The molecule has 1 atom stereocenters. The van der Waals surface area contributed by atoms with Gasteiger partial charge < -0.3 is 4.90 Å². The predicted octanol–water partition coefficient (Wildman–Crippen LogP) is 6.59. The lowest BCUT2D eigenvalue weighted by molar-refractivity contribution is -0.0732. The lowest BCUT2D eigenvalue weighted by Crippen LogP contribution is -2.52. The number of benzene rings is 1. The van der Waals surface area contributed by atoms with Gasteiger partial charge in [-0.1, -0.05) is 24.3 Å². The molecule has 1 spiro atoms. The normalized spacial score (nSPS) is 33.4. The van der Waals surface area contributed by atoms with Gasteiger partial charge in [-0.15, -0.1) is 5.10 Å². The molecule has 0 radical (unpaired) electrons. The summed E-state index contributed by atoms with van der Waals surface area (Å²) in [6.45, 7) is 6.17. The summed E-state index contributed by atoms with van der Waals surface area (Å²) in [6.07, 6.45) is 18.0. The average molecular weight is 510 g/mol. The predicted molar refractivity (Wildman–Crippen MR) is 152 cm³/mol. The van der Waals surface area contributed by atoms with Gasteiger partial charge in [0, 0.05) is 36.1 Å². The van der Waals surface area contributed by atoms with Gasteiger partial charge in [-0.25, -0.2) is 0 Å². The highest BCUT2D eigenvalue weighted by Crippen LogP contribution is 2.63. The fourth-order valence-electron chi connectivity index (χ4n) is 10.3. The van der Waals surface area contributed by atoms with Crippen LogP contribution in [0.25, 0.3) is 22.0 Å². The first kappa shape index (κ1) is 23.6. The summed E-state index contributed by atoms with van der Waals surface area (Å²) in [6, 6.07) is 8.70. The average Bonchev–Trinajstić information content (AvgIpc) is 3.46. The number of piperidine rings is 1. The Morgan fingerprint density at radius 3 is 2.24 bits per heavy atom. The van der Waals surface area contributed by atoms with Crippen LogP contribution < -0.4 is 0 Å². The summed E-state index contributed by atoms with van der Waals surface area (Å²) in [5.74, 6) is 4.11. The summed E-state index contributed by atoms with van der Waals surface area (Å²) >= 11 is 0. The van der Waals surface area contributed by atoms with E-state index in [0.29, 0.717) is 10.8 Å². The molecule has 3 heterocycles. The molecule has 200 valence electrons. The van der Waals surface area contributed by atoms with E-state index in [9.17, 15) is 0 Å². The first-order valence-electron chi connectivity index (χ1n) is 15.4. The second-order valence-corrected chi connectivity index (χ2v) is 14.3. The van der Waals surface area contributed by atoms with E-state index >= 15 is 0 Å². The van der Waals surface area contributed by atoms with Crippen molar-refractivity contribution in [3.05, 3.63) is 41.9 Å². The summed E-state index contributed by atoms with van der Waals surface area (Å²) in [4.78, 5) is 2.89. The smallest absolute Gasteiger partial charge is 0.104 e. The molecule has 4 bridgehead atoms. The molecule has 3 aromatic rings. The van der Waals surface area contributed by atoms with Gasteiger partial charge in [-0.2, -0.15) is 10.2 Å². The molecule has 9 rings (SSSR count). The van der Waals surface area contributed by atoms with Crippen molar-refractivity contribution in [2.45, 2.75) is 77.6 Å². The van der Waals surface area contributed by atoms with Crippen LogP contribution in [0.1, 0.15) is 75.6 Å². The molecule has 6 aliphatic rings. The van der Waals surface area contributed by atoms with Crippen molar-refractivity contribution in [3.8, 4) is 11.3 Å². The minimum atomic E-state index is 0.633. The van der Waals surface area contributed by atoms with E-state index in [2.05, 4.69) is 47.4 Å². The maximum absolute atomic E-state index is 4.79. The third kappa shape index (κ3) is 3.94. The number of likely N-dealkylation sites (tertiary alicyclic amines) is 1. The number of aryl methyl sites for hydroxylation is 3. The van der Waals surface area contributed by atoms with Crippen molar-refractivity contribution in [1.29, 1.82) is 0 Å². The van der Waals surface area contributed by atoms with Crippen LogP contribution >= 0.6 is 0 Å². The summed E-state index contributed by atoms with van der Waals surface area (Å²) in [5, 5.41) is 16.5. The van der Waals surface area contributed by atoms with Gasteiger partial charge in [-0.3, -0.25) is 4.68 Å². The molecular weight excluding hydrogens is 466 g/mol. The van der Waals surface area contributed by atoms with Gasteiger partial charge in [0.15, 0.2) is 0 Å². The quantitative estimate of drug-likeness (QED) is 0.376. The minimum Gasteiger partial charge on any atom is -0.303 e. The number of nitrogens with zero attached hydrogens (tertiary/aromatic N) is 5. The van der Waals surface area contributed by atoms with Crippen molar-refractivity contribution in [1.82, 2.24) is 24.9 Å². The van der Waals surface area contributed by atoms with Gasteiger partial charge in [0.25, 0.3) is 0 Å². The Labute approximate surface area is 227 Å². The highest BCUT2D eigenvalue weighted by Gasteiger charge is 2.55. The zero-order valence-corrected chi connectivity index (χ0v) is 23.3. The zero-order valence-electron chi connectivity index (χ0n) is 23.3. The molecule has 0 amide bonds. The number of hydrogen-bond acceptors (Lipinski definition) is 4. The maximum atomic E-state index is 4.79. The Hall–Kier alpha value is -2.27. The highest BCUT2D eigenvalue weighted by molar-refractivity contribution is 5.95. The third-order valence-electron chi connectivity index (χ3n) is 11.7. The summed E-state index contributed by atoms with van der Waals surface area (Å²) in [7, 11) is 1.97. The van der Waals surface area contributed by atoms with Crippen LogP contribution in [0.15, 0.2) is 30.5 Å². The molecular formula is C33H43N5. The van der Waals surface area contributed by atoms with Gasteiger partial charge in [0.2, 0.25) is 0 Å². The van der Waals surface area contributed by atoms with Crippen molar-refractivity contribution in [2.24, 2.45) is 41.5 Å². The molecule has 5 heteroatoms. The van der Waals surface area contributed by atoms with Crippen LogP contribution in [-0.4, -0.2) is 44.5 Å². The van der Waals surface area contributed by atoms with Gasteiger partial charge >= 0.3 is 0 Å². The fourth-order valence-corrected chi connectivity index (χ4v) is 10.3. The standard InChI is InChI=1S/C33H43N5/c1-22-29(20-37(2)36-22)31-28-6-4-3-5-27(28)30(34-35-31)8-7-26-19-33(26)9-11-38(12-10-33)21-32-16-23-13-24(17-32)15-25(14-23)18-32/h3-6,20,23-26H,7-19,21H2,1-2H3. The molecule has 5 saturated carbocycles. The topological polar surface area (TPSA) is 46.8 Å². The van der Waals surface area contributed by atoms with Crippen molar-refractivity contribution in [2.75, 3.05) is 19.6 Å². The third-order valence-corrected chi connectivity index (χ3v) is 11.7. The zero-order chi connectivity index (χ0) is 25.5. The van der Waals surface area contributed by atoms with E-state index in [0.717, 1.165) is 47.0 Å². The molecule has 38 heavy (non-hydrogen) atoms. The Balaban J connectivity index is 0.912. The number of rotatable bonds is 6. The minimum absolute atomic E-state index is 0.633. The van der Waals surface area contributed by atoms with E-state index in [1.54, 1.807) is 38.5 Å². The molecule has 1 aromatic carbocycles. The SMILES string of the molecule is Cc1nn(C)cc1-c1nnc(CCC2CC23CCN(CC24CC5CC(CC(C5)C2)C4)CC3)c2ccccc12. The van der Waals surface area contributed by atoms with Crippen LogP contribution in [0, 0.1) is 41.4 Å². The van der Waals surface area contributed by atoms with Crippen LogP contribution in [-0.2, 0) is 13.5 Å². The fraction of sp³-hybridized carbons (Fsp3) is 0.667. The lowest BCUT2D eigenvalue weighted by Gasteiger charge is -2.58. The molecule has 1 saturated heterocycles. The number of aromatic nitrogens is 4. The van der Waals surface area contributed by atoms with Crippen LogP contribution in [0.5, 0.6) is 0 Å².